The van der Waals surface area contributed by atoms with Crippen LogP contribution in [0.3, 0.4) is 0 Å². The highest BCUT2D eigenvalue weighted by Crippen LogP contribution is 2.14. The second-order valence-electron chi connectivity index (χ2n) is 5.04. The van der Waals surface area contributed by atoms with Crippen molar-refractivity contribution in [2.45, 2.75) is 18.2 Å². The molecule has 0 aliphatic carbocycles. The molecule has 2 rings (SSSR count). The Morgan fingerprint density at radius 2 is 2.32 bits per heavy atom. The normalized spacial score (nSPS) is 19.8. The van der Waals surface area contributed by atoms with E-state index in [4.69, 9.17) is 11.6 Å². The van der Waals surface area contributed by atoms with Crippen LogP contribution >= 0.6 is 23.4 Å². The predicted octanol–water partition coefficient (Wildman–Crippen LogP) is 1.45. The van der Waals surface area contributed by atoms with Gasteiger partial charge in [-0.05, 0) is 24.1 Å². The number of carbonyl (C=O) groups excluding carboxylic acids is 1. The van der Waals surface area contributed by atoms with Gasteiger partial charge in [0.15, 0.2) is 9.84 Å². The molecule has 22 heavy (non-hydrogen) atoms. The number of nitrogens with zero attached hydrogens (tertiary/aromatic N) is 1. The van der Waals surface area contributed by atoms with Gasteiger partial charge in [-0.2, -0.15) is 11.8 Å². The number of thioether (sulfide) groups is 1. The fourth-order valence-electron chi connectivity index (χ4n) is 2.10. The van der Waals surface area contributed by atoms with Crippen molar-refractivity contribution >= 4 is 39.2 Å². The Bertz CT molecular complexity index is 625. The molecule has 0 spiro atoms. The Hall–Kier alpha value is -0.990. The van der Waals surface area contributed by atoms with Gasteiger partial charge in [0.25, 0.3) is 0 Å². The van der Waals surface area contributed by atoms with E-state index in [0.29, 0.717) is 18.1 Å². The predicted molar refractivity (Wildman–Crippen MR) is 89.0 cm³/mol. The van der Waals surface area contributed by atoms with Crippen molar-refractivity contribution < 1.29 is 13.2 Å². The minimum atomic E-state index is -2.97. The molecule has 1 aromatic heterocycles. The van der Waals surface area contributed by atoms with Crippen LogP contribution in [0.25, 0.3) is 0 Å². The summed E-state index contributed by atoms with van der Waals surface area (Å²) in [4.78, 5) is 15.6. The molecule has 1 atom stereocenters. The maximum atomic E-state index is 11.6. The van der Waals surface area contributed by atoms with E-state index >= 15 is 0 Å². The lowest BCUT2D eigenvalue weighted by atomic mass is 10.3. The summed E-state index contributed by atoms with van der Waals surface area (Å²) in [5, 5.41) is 5.89. The van der Waals surface area contributed by atoms with E-state index in [1.54, 1.807) is 18.0 Å². The van der Waals surface area contributed by atoms with E-state index in [0.717, 1.165) is 17.1 Å². The molecule has 1 saturated heterocycles. The molecule has 1 fully saturated rings. The van der Waals surface area contributed by atoms with Gasteiger partial charge in [-0.3, -0.25) is 0 Å². The molecule has 2 amide bonds. The number of sulfone groups is 1. The number of rotatable bonds is 6. The molecule has 1 unspecified atom stereocenters. The topological polar surface area (TPSA) is 88.2 Å². The first-order valence-electron chi connectivity index (χ1n) is 6.87. The van der Waals surface area contributed by atoms with E-state index < -0.39 is 9.84 Å². The van der Waals surface area contributed by atoms with Crippen molar-refractivity contribution in [3.63, 3.8) is 0 Å². The lowest BCUT2D eigenvalue weighted by Crippen LogP contribution is -2.43. The number of aromatic nitrogens is 1. The van der Waals surface area contributed by atoms with Crippen LogP contribution in [0, 0.1) is 0 Å². The Morgan fingerprint density at radius 3 is 3.00 bits per heavy atom. The number of halogens is 1. The quantitative estimate of drug-likeness (QED) is 0.590. The summed E-state index contributed by atoms with van der Waals surface area (Å²) in [6.45, 7) is 0.523. The molecule has 9 heteroatoms. The Labute approximate surface area is 139 Å². The van der Waals surface area contributed by atoms with Crippen molar-refractivity contribution in [2.24, 2.45) is 0 Å². The Balaban J connectivity index is 1.58. The molecule has 6 nitrogen and oxygen atoms in total. The third-order valence-electron chi connectivity index (χ3n) is 3.16. The maximum Gasteiger partial charge on any atom is 0.315 e. The molecule has 2 heterocycles. The minimum Gasteiger partial charge on any atom is -0.337 e. The van der Waals surface area contributed by atoms with Crippen molar-refractivity contribution in [3.05, 3.63) is 29.0 Å². The van der Waals surface area contributed by atoms with Crippen LogP contribution < -0.4 is 10.6 Å². The zero-order valence-electron chi connectivity index (χ0n) is 11.9. The summed E-state index contributed by atoms with van der Waals surface area (Å²) in [6, 6.07) is 3.14. The number of amides is 2. The van der Waals surface area contributed by atoms with Gasteiger partial charge in [-0.15, -0.1) is 0 Å². The molecule has 1 aliphatic rings. The highest BCUT2D eigenvalue weighted by Gasteiger charge is 2.28. The average Bonchev–Trinajstić information content (AvgIpc) is 2.77. The van der Waals surface area contributed by atoms with Crippen LogP contribution in [-0.2, 0) is 15.6 Å². The van der Waals surface area contributed by atoms with Crippen molar-refractivity contribution in [1.29, 1.82) is 0 Å². The number of pyridine rings is 1. The summed E-state index contributed by atoms with van der Waals surface area (Å²) in [6.07, 6.45) is 2.16. The van der Waals surface area contributed by atoms with Crippen LogP contribution in [-0.4, -0.2) is 49.3 Å². The Morgan fingerprint density at radius 1 is 1.50 bits per heavy atom. The first-order valence-corrected chi connectivity index (χ1v) is 10.2. The highest BCUT2D eigenvalue weighted by molar-refractivity contribution is 7.98. The fourth-order valence-corrected chi connectivity index (χ4v) is 4.78. The summed E-state index contributed by atoms with van der Waals surface area (Å²) >= 11 is 7.47. The van der Waals surface area contributed by atoms with Gasteiger partial charge < -0.3 is 10.6 Å². The van der Waals surface area contributed by atoms with E-state index in [-0.39, 0.29) is 23.6 Å². The number of hydrogen-bond acceptors (Lipinski definition) is 5. The lowest BCUT2D eigenvalue weighted by molar-refractivity contribution is 0.238. The van der Waals surface area contributed by atoms with Crippen LogP contribution in [0.4, 0.5) is 4.79 Å². The minimum absolute atomic E-state index is 0.0397. The van der Waals surface area contributed by atoms with E-state index in [1.807, 2.05) is 12.1 Å². The summed E-state index contributed by atoms with van der Waals surface area (Å²) in [5.74, 6) is 1.75. The molecule has 0 aromatic carbocycles. The van der Waals surface area contributed by atoms with Crippen molar-refractivity contribution in [1.82, 2.24) is 15.6 Å². The molecule has 0 saturated carbocycles. The number of hydrogen-bond donors (Lipinski definition) is 2. The summed E-state index contributed by atoms with van der Waals surface area (Å²) in [7, 11) is -2.97. The Kier molecular flexibility index (Phi) is 6.34. The number of nitrogens with one attached hydrogen (secondary N) is 2. The SMILES string of the molecule is O=C(NCCSCc1ccnc(Cl)c1)NC1CCS(=O)(=O)C1. The van der Waals surface area contributed by atoms with Crippen molar-refractivity contribution in [3.8, 4) is 0 Å². The lowest BCUT2D eigenvalue weighted by Gasteiger charge is -2.11. The van der Waals surface area contributed by atoms with Crippen LogP contribution in [0.1, 0.15) is 12.0 Å². The molecule has 0 radical (unpaired) electrons. The number of carbonyl (C=O) groups is 1. The standard InChI is InChI=1S/C13H18ClN3O3S2/c14-12-7-10(1-3-15-12)8-21-5-4-16-13(18)17-11-2-6-22(19,20)9-11/h1,3,7,11H,2,4-6,8-9H2,(H2,16,17,18). The van der Waals surface area contributed by atoms with Gasteiger partial charge in [-0.1, -0.05) is 11.6 Å². The van der Waals surface area contributed by atoms with Gasteiger partial charge in [-0.25, -0.2) is 18.2 Å². The van der Waals surface area contributed by atoms with E-state index in [2.05, 4.69) is 15.6 Å². The third kappa shape index (κ3) is 6.02. The molecular weight excluding hydrogens is 346 g/mol. The van der Waals surface area contributed by atoms with Gasteiger partial charge >= 0.3 is 6.03 Å². The van der Waals surface area contributed by atoms with Crippen LogP contribution in [0.2, 0.25) is 5.15 Å². The zero-order chi connectivity index (χ0) is 16.0. The van der Waals surface area contributed by atoms with Crippen molar-refractivity contribution in [2.75, 3.05) is 23.8 Å². The molecule has 122 valence electrons. The largest absolute Gasteiger partial charge is 0.337 e. The smallest absolute Gasteiger partial charge is 0.315 e. The molecule has 1 aromatic rings. The van der Waals surface area contributed by atoms with Gasteiger partial charge in [0, 0.05) is 30.3 Å². The monoisotopic (exact) mass is 363 g/mol. The van der Waals surface area contributed by atoms with Gasteiger partial charge in [0.05, 0.1) is 11.5 Å². The first kappa shape index (κ1) is 17.4. The van der Waals surface area contributed by atoms with E-state index in [1.165, 1.54) is 0 Å². The van der Waals surface area contributed by atoms with Crippen LogP contribution in [0.5, 0.6) is 0 Å². The molecule has 0 bridgehead atoms. The molecular formula is C13H18ClN3O3S2. The molecule has 2 N–H and O–H groups in total. The zero-order valence-corrected chi connectivity index (χ0v) is 14.3. The first-order chi connectivity index (χ1) is 10.4. The average molecular weight is 364 g/mol. The summed E-state index contributed by atoms with van der Waals surface area (Å²) < 4.78 is 22.6. The third-order valence-corrected chi connectivity index (χ3v) is 6.16. The molecule has 1 aliphatic heterocycles. The second-order valence-corrected chi connectivity index (χ2v) is 8.76. The maximum absolute atomic E-state index is 11.6. The van der Waals surface area contributed by atoms with Gasteiger partial charge in [0.2, 0.25) is 0 Å². The van der Waals surface area contributed by atoms with Crippen LogP contribution in [0.15, 0.2) is 18.3 Å². The van der Waals surface area contributed by atoms with Gasteiger partial charge in [0.1, 0.15) is 5.15 Å². The summed E-state index contributed by atoms with van der Waals surface area (Å²) in [5.41, 5.74) is 1.09. The number of urea groups is 1. The van der Waals surface area contributed by atoms with E-state index in [9.17, 15) is 13.2 Å². The second kappa shape index (κ2) is 8.03. The fraction of sp³-hybridized carbons (Fsp3) is 0.538. The highest BCUT2D eigenvalue weighted by atomic mass is 35.5.